The summed E-state index contributed by atoms with van der Waals surface area (Å²) in [5.41, 5.74) is 0.172. The van der Waals surface area contributed by atoms with E-state index in [1.165, 1.54) is 32.1 Å². The van der Waals surface area contributed by atoms with Gasteiger partial charge in [0.2, 0.25) is 5.91 Å². The molecule has 1 aliphatic heterocycles. The number of hydrogen-bond donors (Lipinski definition) is 2. The predicted octanol–water partition coefficient (Wildman–Crippen LogP) is 1.59. The van der Waals surface area contributed by atoms with E-state index >= 15 is 0 Å². The second-order valence-corrected chi connectivity index (χ2v) is 5.93. The van der Waals surface area contributed by atoms with Crippen LogP contribution in [-0.2, 0) is 9.53 Å². The van der Waals surface area contributed by atoms with Crippen LogP contribution in [0.2, 0.25) is 0 Å². The van der Waals surface area contributed by atoms with E-state index in [0.717, 1.165) is 26.1 Å². The molecule has 0 bridgehead atoms. The standard InChI is InChI=1S/C14H26N2O2/c1-14(7-3-2-4-8-14)15-11-13(17)16-12-5-9-18-10-6-12/h12,15H,2-11H2,1H3,(H,16,17). The molecule has 18 heavy (non-hydrogen) atoms. The average molecular weight is 254 g/mol. The van der Waals surface area contributed by atoms with Gasteiger partial charge < -0.3 is 15.4 Å². The molecule has 4 nitrogen and oxygen atoms in total. The maximum atomic E-state index is 11.9. The number of amides is 1. The first-order valence-corrected chi connectivity index (χ1v) is 7.30. The molecule has 0 aromatic carbocycles. The van der Waals surface area contributed by atoms with Crippen molar-refractivity contribution in [3.63, 3.8) is 0 Å². The van der Waals surface area contributed by atoms with Gasteiger partial charge in [0.15, 0.2) is 0 Å². The van der Waals surface area contributed by atoms with Crippen LogP contribution in [0.4, 0.5) is 0 Å². The Balaban J connectivity index is 1.67. The lowest BCUT2D eigenvalue weighted by Gasteiger charge is -2.34. The Hall–Kier alpha value is -0.610. The van der Waals surface area contributed by atoms with Crippen molar-refractivity contribution in [2.75, 3.05) is 19.8 Å². The van der Waals surface area contributed by atoms with Crippen LogP contribution in [0.5, 0.6) is 0 Å². The molecule has 2 N–H and O–H groups in total. The zero-order chi connectivity index (χ0) is 12.8. The van der Waals surface area contributed by atoms with Crippen LogP contribution in [0.1, 0.15) is 51.9 Å². The van der Waals surface area contributed by atoms with Crippen molar-refractivity contribution in [1.29, 1.82) is 0 Å². The summed E-state index contributed by atoms with van der Waals surface area (Å²) in [6.07, 6.45) is 8.18. The zero-order valence-corrected chi connectivity index (χ0v) is 11.5. The summed E-state index contributed by atoms with van der Waals surface area (Å²) in [4.78, 5) is 11.9. The van der Waals surface area contributed by atoms with E-state index in [1.807, 2.05) is 0 Å². The molecular formula is C14H26N2O2. The lowest BCUT2D eigenvalue weighted by atomic mass is 9.83. The Morgan fingerprint density at radius 1 is 1.22 bits per heavy atom. The highest BCUT2D eigenvalue weighted by molar-refractivity contribution is 5.78. The molecular weight excluding hydrogens is 228 g/mol. The maximum Gasteiger partial charge on any atom is 0.234 e. The summed E-state index contributed by atoms with van der Waals surface area (Å²) >= 11 is 0. The van der Waals surface area contributed by atoms with Crippen LogP contribution in [0.3, 0.4) is 0 Å². The lowest BCUT2D eigenvalue weighted by molar-refractivity contribution is -0.121. The summed E-state index contributed by atoms with van der Waals surface area (Å²) < 4.78 is 5.29. The first-order chi connectivity index (χ1) is 8.68. The second-order valence-electron chi connectivity index (χ2n) is 5.93. The summed E-state index contributed by atoms with van der Waals surface area (Å²) in [6.45, 7) is 4.24. The van der Waals surface area contributed by atoms with Crippen molar-refractivity contribution >= 4 is 5.91 Å². The van der Waals surface area contributed by atoms with E-state index in [4.69, 9.17) is 4.74 Å². The Morgan fingerprint density at radius 3 is 2.56 bits per heavy atom. The van der Waals surface area contributed by atoms with E-state index < -0.39 is 0 Å². The van der Waals surface area contributed by atoms with Gasteiger partial charge in [-0.15, -0.1) is 0 Å². The van der Waals surface area contributed by atoms with Gasteiger partial charge in [0.25, 0.3) is 0 Å². The van der Waals surface area contributed by atoms with E-state index in [-0.39, 0.29) is 11.4 Å². The number of ether oxygens (including phenoxy) is 1. The fourth-order valence-electron chi connectivity index (χ4n) is 2.92. The largest absolute Gasteiger partial charge is 0.381 e. The molecule has 0 atom stereocenters. The Kier molecular flexibility index (Phi) is 5.01. The monoisotopic (exact) mass is 254 g/mol. The summed E-state index contributed by atoms with van der Waals surface area (Å²) in [5.74, 6) is 0.133. The van der Waals surface area contributed by atoms with Crippen LogP contribution in [0.15, 0.2) is 0 Å². The molecule has 1 amide bonds. The van der Waals surface area contributed by atoms with Crippen molar-refractivity contribution < 1.29 is 9.53 Å². The molecule has 1 saturated heterocycles. The fraction of sp³-hybridized carbons (Fsp3) is 0.929. The lowest BCUT2D eigenvalue weighted by Crippen LogP contribution is -2.50. The minimum absolute atomic E-state index is 0.133. The predicted molar refractivity (Wildman–Crippen MR) is 71.5 cm³/mol. The van der Waals surface area contributed by atoms with Crippen LogP contribution in [0.25, 0.3) is 0 Å². The first kappa shape index (κ1) is 13.8. The van der Waals surface area contributed by atoms with Crippen molar-refractivity contribution in [2.24, 2.45) is 0 Å². The Bertz CT molecular complexity index is 269. The molecule has 104 valence electrons. The molecule has 0 radical (unpaired) electrons. The van der Waals surface area contributed by atoms with E-state index in [1.54, 1.807) is 0 Å². The van der Waals surface area contributed by atoms with Crippen LogP contribution >= 0.6 is 0 Å². The molecule has 4 heteroatoms. The van der Waals surface area contributed by atoms with Crippen molar-refractivity contribution in [2.45, 2.75) is 63.5 Å². The van der Waals surface area contributed by atoms with Gasteiger partial charge in [-0.3, -0.25) is 4.79 Å². The fourth-order valence-corrected chi connectivity index (χ4v) is 2.92. The van der Waals surface area contributed by atoms with Gasteiger partial charge in [-0.25, -0.2) is 0 Å². The zero-order valence-electron chi connectivity index (χ0n) is 11.5. The number of carbonyl (C=O) groups excluding carboxylic acids is 1. The topological polar surface area (TPSA) is 50.4 Å². The van der Waals surface area contributed by atoms with E-state index in [9.17, 15) is 4.79 Å². The third kappa shape index (κ3) is 4.25. The molecule has 1 aliphatic carbocycles. The molecule has 0 aromatic heterocycles. The quantitative estimate of drug-likeness (QED) is 0.801. The molecule has 1 heterocycles. The first-order valence-electron chi connectivity index (χ1n) is 7.30. The highest BCUT2D eigenvalue weighted by Crippen LogP contribution is 2.27. The minimum atomic E-state index is 0.133. The Morgan fingerprint density at radius 2 is 1.89 bits per heavy atom. The molecule has 0 unspecified atom stereocenters. The van der Waals surface area contributed by atoms with E-state index in [2.05, 4.69) is 17.6 Å². The average Bonchev–Trinajstić information content (AvgIpc) is 2.39. The van der Waals surface area contributed by atoms with Gasteiger partial charge in [0.1, 0.15) is 0 Å². The highest BCUT2D eigenvalue weighted by Gasteiger charge is 2.27. The highest BCUT2D eigenvalue weighted by atomic mass is 16.5. The smallest absolute Gasteiger partial charge is 0.234 e. The normalized spacial score (nSPS) is 24.7. The summed E-state index contributed by atoms with van der Waals surface area (Å²) in [6, 6.07) is 0.312. The van der Waals surface area contributed by atoms with Crippen molar-refractivity contribution in [3.05, 3.63) is 0 Å². The van der Waals surface area contributed by atoms with Crippen LogP contribution < -0.4 is 10.6 Å². The number of nitrogens with one attached hydrogen (secondary N) is 2. The van der Waals surface area contributed by atoms with Gasteiger partial charge >= 0.3 is 0 Å². The van der Waals surface area contributed by atoms with E-state index in [0.29, 0.717) is 12.6 Å². The van der Waals surface area contributed by atoms with Crippen molar-refractivity contribution in [1.82, 2.24) is 10.6 Å². The minimum Gasteiger partial charge on any atom is -0.381 e. The van der Waals surface area contributed by atoms with Gasteiger partial charge in [-0.1, -0.05) is 19.3 Å². The molecule has 2 aliphatic rings. The maximum absolute atomic E-state index is 11.9. The summed E-state index contributed by atoms with van der Waals surface area (Å²) in [7, 11) is 0. The third-order valence-corrected chi connectivity index (χ3v) is 4.22. The van der Waals surface area contributed by atoms with Gasteiger partial charge in [-0.2, -0.15) is 0 Å². The van der Waals surface area contributed by atoms with Crippen LogP contribution in [-0.4, -0.2) is 37.2 Å². The SMILES string of the molecule is CC1(NCC(=O)NC2CCOCC2)CCCCC1. The van der Waals surface area contributed by atoms with Crippen LogP contribution in [0, 0.1) is 0 Å². The molecule has 1 saturated carbocycles. The molecule has 2 rings (SSSR count). The molecule has 2 fully saturated rings. The molecule has 0 spiro atoms. The van der Waals surface area contributed by atoms with Gasteiger partial charge in [0, 0.05) is 24.8 Å². The second kappa shape index (κ2) is 6.53. The number of hydrogen-bond acceptors (Lipinski definition) is 3. The Labute approximate surface area is 110 Å². The summed E-state index contributed by atoms with van der Waals surface area (Å²) in [5, 5.41) is 6.54. The third-order valence-electron chi connectivity index (χ3n) is 4.22. The number of rotatable bonds is 4. The van der Waals surface area contributed by atoms with Gasteiger partial charge in [-0.05, 0) is 32.6 Å². The van der Waals surface area contributed by atoms with Crippen molar-refractivity contribution in [3.8, 4) is 0 Å². The number of carbonyl (C=O) groups is 1. The van der Waals surface area contributed by atoms with Gasteiger partial charge in [0.05, 0.1) is 6.54 Å². The molecule has 0 aromatic rings.